The molecule has 1 aliphatic rings. The Morgan fingerprint density at radius 3 is 2.29 bits per heavy atom. The summed E-state index contributed by atoms with van der Waals surface area (Å²) in [5, 5.41) is 6.14. The van der Waals surface area contributed by atoms with Crippen LogP contribution in [0.15, 0.2) is 48.5 Å². The Labute approximate surface area is 142 Å². The third-order valence-corrected chi connectivity index (χ3v) is 3.92. The number of rotatable bonds is 6. The maximum atomic E-state index is 12.1. The minimum atomic E-state index is 0.0600. The van der Waals surface area contributed by atoms with Crippen LogP contribution in [0.3, 0.4) is 0 Å². The molecule has 5 nitrogen and oxygen atoms in total. The van der Waals surface area contributed by atoms with E-state index >= 15 is 0 Å². The molecule has 0 aliphatic carbocycles. The molecule has 0 aromatic heterocycles. The molecule has 1 aliphatic heterocycles. The number of amides is 1. The van der Waals surface area contributed by atoms with Crippen molar-refractivity contribution in [2.45, 2.75) is 13.3 Å². The van der Waals surface area contributed by atoms with Gasteiger partial charge in [0.15, 0.2) is 0 Å². The number of carbonyl (C=O) groups is 1. The average molecular weight is 326 g/mol. The third-order valence-electron chi connectivity index (χ3n) is 3.92. The molecular weight excluding hydrogens is 304 g/mol. The summed E-state index contributed by atoms with van der Waals surface area (Å²) in [7, 11) is 0. The number of hydrogen-bond acceptors (Lipinski definition) is 4. The van der Waals surface area contributed by atoms with Crippen LogP contribution in [0.4, 0.5) is 5.69 Å². The molecular formula is C19H22N2O3. The summed E-state index contributed by atoms with van der Waals surface area (Å²) < 4.78 is 11.2. The second-order valence-electron chi connectivity index (χ2n) is 5.71. The molecule has 0 radical (unpaired) electrons. The summed E-state index contributed by atoms with van der Waals surface area (Å²) >= 11 is 0. The van der Waals surface area contributed by atoms with Gasteiger partial charge < -0.3 is 20.1 Å². The predicted octanol–water partition coefficient (Wildman–Crippen LogP) is 3.43. The van der Waals surface area contributed by atoms with Gasteiger partial charge in [-0.2, -0.15) is 0 Å². The van der Waals surface area contributed by atoms with Gasteiger partial charge >= 0.3 is 0 Å². The molecule has 1 saturated heterocycles. The zero-order valence-electron chi connectivity index (χ0n) is 13.7. The summed E-state index contributed by atoms with van der Waals surface area (Å²) in [6, 6.07) is 14.9. The maximum Gasteiger partial charge on any atom is 0.228 e. The molecule has 2 aromatic carbocycles. The van der Waals surface area contributed by atoms with Crippen molar-refractivity contribution in [1.82, 2.24) is 5.32 Å². The van der Waals surface area contributed by atoms with Gasteiger partial charge in [0, 0.05) is 12.2 Å². The van der Waals surface area contributed by atoms with Crippen LogP contribution in [0.25, 0.3) is 0 Å². The van der Waals surface area contributed by atoms with E-state index in [-0.39, 0.29) is 11.8 Å². The van der Waals surface area contributed by atoms with E-state index in [0.717, 1.165) is 42.4 Å². The number of carbonyl (C=O) groups excluding carboxylic acids is 1. The van der Waals surface area contributed by atoms with Crippen molar-refractivity contribution in [3.63, 3.8) is 0 Å². The Morgan fingerprint density at radius 1 is 1.08 bits per heavy atom. The molecule has 0 spiro atoms. The fourth-order valence-electron chi connectivity index (χ4n) is 2.64. The van der Waals surface area contributed by atoms with Gasteiger partial charge in [-0.05, 0) is 68.4 Å². The first kappa shape index (κ1) is 16.3. The number of nitrogens with one attached hydrogen (secondary N) is 2. The Balaban J connectivity index is 1.56. The van der Waals surface area contributed by atoms with Crippen LogP contribution in [0, 0.1) is 5.92 Å². The van der Waals surface area contributed by atoms with Crippen molar-refractivity contribution in [2.24, 2.45) is 5.92 Å². The van der Waals surface area contributed by atoms with Gasteiger partial charge in [0.2, 0.25) is 5.91 Å². The lowest BCUT2D eigenvalue weighted by atomic mass is 10.1. The van der Waals surface area contributed by atoms with E-state index in [1.54, 1.807) is 0 Å². The van der Waals surface area contributed by atoms with E-state index in [1.807, 2.05) is 55.5 Å². The maximum absolute atomic E-state index is 12.1. The lowest BCUT2D eigenvalue weighted by Crippen LogP contribution is -2.24. The Bertz CT molecular complexity index is 662. The second kappa shape index (κ2) is 7.84. The largest absolute Gasteiger partial charge is 0.494 e. The Hall–Kier alpha value is -2.53. The topological polar surface area (TPSA) is 59.6 Å². The molecule has 24 heavy (non-hydrogen) atoms. The zero-order chi connectivity index (χ0) is 16.8. The van der Waals surface area contributed by atoms with Crippen molar-refractivity contribution in [3.05, 3.63) is 48.5 Å². The first-order chi connectivity index (χ1) is 11.7. The molecule has 0 bridgehead atoms. The molecule has 0 saturated carbocycles. The average Bonchev–Trinajstić information content (AvgIpc) is 3.13. The fraction of sp³-hybridized carbons (Fsp3) is 0.316. The van der Waals surface area contributed by atoms with Crippen LogP contribution in [-0.4, -0.2) is 25.6 Å². The molecule has 1 amide bonds. The van der Waals surface area contributed by atoms with Crippen LogP contribution < -0.4 is 20.1 Å². The van der Waals surface area contributed by atoms with E-state index in [9.17, 15) is 4.79 Å². The minimum Gasteiger partial charge on any atom is -0.494 e. The smallest absolute Gasteiger partial charge is 0.228 e. The summed E-state index contributed by atoms with van der Waals surface area (Å²) in [6.45, 7) is 4.26. The summed E-state index contributed by atoms with van der Waals surface area (Å²) in [5.41, 5.74) is 0.783. The Morgan fingerprint density at radius 2 is 1.71 bits per heavy atom. The summed E-state index contributed by atoms with van der Waals surface area (Å²) in [5.74, 6) is 2.42. The lowest BCUT2D eigenvalue weighted by molar-refractivity contribution is -0.119. The minimum absolute atomic E-state index is 0.0600. The van der Waals surface area contributed by atoms with E-state index in [1.165, 1.54) is 0 Å². The first-order valence-corrected chi connectivity index (χ1v) is 8.27. The normalized spacial score (nSPS) is 16.6. The second-order valence-corrected chi connectivity index (χ2v) is 5.71. The lowest BCUT2D eigenvalue weighted by Gasteiger charge is -2.11. The van der Waals surface area contributed by atoms with E-state index in [2.05, 4.69) is 10.6 Å². The van der Waals surface area contributed by atoms with Crippen LogP contribution in [0.5, 0.6) is 17.2 Å². The van der Waals surface area contributed by atoms with Crippen molar-refractivity contribution >= 4 is 11.6 Å². The van der Waals surface area contributed by atoms with Gasteiger partial charge in [-0.3, -0.25) is 4.79 Å². The van der Waals surface area contributed by atoms with Crippen LogP contribution >= 0.6 is 0 Å². The predicted molar refractivity (Wildman–Crippen MR) is 93.7 cm³/mol. The zero-order valence-corrected chi connectivity index (χ0v) is 13.7. The van der Waals surface area contributed by atoms with Crippen molar-refractivity contribution in [2.75, 3.05) is 25.0 Å². The number of hydrogen-bond donors (Lipinski definition) is 2. The first-order valence-electron chi connectivity index (χ1n) is 8.27. The van der Waals surface area contributed by atoms with Gasteiger partial charge in [0.05, 0.1) is 12.5 Å². The molecule has 1 heterocycles. The Kier molecular flexibility index (Phi) is 5.33. The van der Waals surface area contributed by atoms with Gasteiger partial charge in [0.1, 0.15) is 17.2 Å². The van der Waals surface area contributed by atoms with Crippen LogP contribution in [0.2, 0.25) is 0 Å². The highest BCUT2D eigenvalue weighted by atomic mass is 16.5. The monoisotopic (exact) mass is 326 g/mol. The molecule has 1 fully saturated rings. The molecule has 2 aromatic rings. The summed E-state index contributed by atoms with van der Waals surface area (Å²) in [6.07, 6.45) is 0.894. The molecule has 1 atom stereocenters. The quantitative estimate of drug-likeness (QED) is 0.854. The van der Waals surface area contributed by atoms with E-state index < -0.39 is 0 Å². The molecule has 126 valence electrons. The molecule has 2 N–H and O–H groups in total. The SMILES string of the molecule is CCOc1ccc(Oc2ccc(NC(=O)C3CCNC3)cc2)cc1. The van der Waals surface area contributed by atoms with Crippen molar-refractivity contribution in [3.8, 4) is 17.2 Å². The number of ether oxygens (including phenoxy) is 2. The van der Waals surface area contributed by atoms with Gasteiger partial charge in [-0.15, -0.1) is 0 Å². The van der Waals surface area contributed by atoms with Crippen molar-refractivity contribution in [1.29, 1.82) is 0 Å². The number of benzene rings is 2. The highest BCUT2D eigenvalue weighted by molar-refractivity contribution is 5.92. The molecule has 3 rings (SSSR count). The fourth-order valence-corrected chi connectivity index (χ4v) is 2.64. The van der Waals surface area contributed by atoms with Crippen LogP contribution in [-0.2, 0) is 4.79 Å². The molecule has 1 unspecified atom stereocenters. The third kappa shape index (κ3) is 4.26. The van der Waals surface area contributed by atoms with Gasteiger partial charge in [-0.25, -0.2) is 0 Å². The molecule has 5 heteroatoms. The van der Waals surface area contributed by atoms with Crippen molar-refractivity contribution < 1.29 is 14.3 Å². The van der Waals surface area contributed by atoms with Gasteiger partial charge in [-0.1, -0.05) is 0 Å². The number of anilines is 1. The summed E-state index contributed by atoms with van der Waals surface area (Å²) in [4.78, 5) is 12.1. The van der Waals surface area contributed by atoms with E-state index in [0.29, 0.717) is 6.61 Å². The highest BCUT2D eigenvalue weighted by Crippen LogP contribution is 2.25. The van der Waals surface area contributed by atoms with Gasteiger partial charge in [0.25, 0.3) is 0 Å². The highest BCUT2D eigenvalue weighted by Gasteiger charge is 2.22. The van der Waals surface area contributed by atoms with E-state index in [4.69, 9.17) is 9.47 Å². The van der Waals surface area contributed by atoms with Crippen LogP contribution in [0.1, 0.15) is 13.3 Å². The standard InChI is InChI=1S/C19H22N2O3/c1-2-23-16-7-9-18(10-8-16)24-17-5-3-15(4-6-17)21-19(22)14-11-12-20-13-14/h3-10,14,20H,2,11-13H2,1H3,(H,21,22).